The Hall–Kier alpha value is -2.56. The fraction of sp³-hybridized carbons (Fsp3) is 0.368. The molecule has 1 aliphatic heterocycles. The minimum Gasteiger partial charge on any atom is -0.459 e. The summed E-state index contributed by atoms with van der Waals surface area (Å²) < 4.78 is 5.20. The second kappa shape index (κ2) is 7.34. The van der Waals surface area contributed by atoms with Crippen molar-refractivity contribution in [2.24, 2.45) is 0 Å². The van der Waals surface area contributed by atoms with Crippen molar-refractivity contribution in [3.8, 4) is 0 Å². The zero-order valence-electron chi connectivity index (χ0n) is 13.9. The van der Waals surface area contributed by atoms with Crippen molar-refractivity contribution >= 4 is 17.5 Å². The van der Waals surface area contributed by atoms with Gasteiger partial charge in [0.25, 0.3) is 5.91 Å². The molecule has 0 fully saturated rings. The summed E-state index contributed by atoms with van der Waals surface area (Å²) in [6.45, 7) is 3.28. The maximum Gasteiger partial charge on any atom is 0.289 e. The average Bonchev–Trinajstić information content (AvgIpc) is 3.13. The van der Waals surface area contributed by atoms with Crippen LogP contribution in [0.2, 0.25) is 0 Å². The molecule has 0 atom stereocenters. The molecule has 0 bridgehead atoms. The van der Waals surface area contributed by atoms with Gasteiger partial charge in [0, 0.05) is 25.2 Å². The minimum absolute atomic E-state index is 0.0381. The summed E-state index contributed by atoms with van der Waals surface area (Å²) in [7, 11) is 0. The zero-order chi connectivity index (χ0) is 16.9. The highest BCUT2D eigenvalue weighted by Gasteiger charge is 2.23. The number of amides is 2. The second-order valence-corrected chi connectivity index (χ2v) is 6.09. The first-order chi connectivity index (χ1) is 11.7. The maximum absolute atomic E-state index is 12.4. The Bertz CT molecular complexity index is 722. The summed E-state index contributed by atoms with van der Waals surface area (Å²) >= 11 is 0. The Morgan fingerprint density at radius 3 is 2.88 bits per heavy atom. The third-order valence-electron chi connectivity index (χ3n) is 4.28. The van der Waals surface area contributed by atoms with Crippen LogP contribution in [0.5, 0.6) is 0 Å². The molecule has 1 aromatic carbocycles. The van der Waals surface area contributed by atoms with Gasteiger partial charge < -0.3 is 14.6 Å². The molecule has 0 saturated heterocycles. The van der Waals surface area contributed by atoms with Crippen LogP contribution >= 0.6 is 0 Å². The summed E-state index contributed by atoms with van der Waals surface area (Å²) in [5.41, 5.74) is 3.10. The molecule has 126 valence electrons. The molecule has 0 aliphatic carbocycles. The minimum atomic E-state index is -0.0944. The smallest absolute Gasteiger partial charge is 0.289 e. The standard InChI is InChI=1S/C19H22N2O3/c1-2-3-6-18(22)20-16-8-7-14-9-10-21(13-15(14)12-16)19(23)17-5-4-11-24-17/h4-5,7-8,11-12H,2-3,6,9-10,13H2,1H3,(H,20,22). The highest BCUT2D eigenvalue weighted by molar-refractivity contribution is 5.92. The van der Waals surface area contributed by atoms with Gasteiger partial charge in [-0.1, -0.05) is 19.4 Å². The van der Waals surface area contributed by atoms with Crippen LogP contribution in [0.3, 0.4) is 0 Å². The molecule has 1 N–H and O–H groups in total. The molecule has 2 aromatic rings. The lowest BCUT2D eigenvalue weighted by Gasteiger charge is -2.28. The quantitative estimate of drug-likeness (QED) is 0.913. The molecule has 1 aromatic heterocycles. The number of benzene rings is 1. The van der Waals surface area contributed by atoms with E-state index in [1.807, 2.05) is 18.2 Å². The molecule has 1 aliphatic rings. The zero-order valence-corrected chi connectivity index (χ0v) is 13.9. The highest BCUT2D eigenvalue weighted by Crippen LogP contribution is 2.24. The van der Waals surface area contributed by atoms with Crippen LogP contribution in [-0.4, -0.2) is 23.3 Å². The van der Waals surface area contributed by atoms with E-state index in [4.69, 9.17) is 4.42 Å². The lowest BCUT2D eigenvalue weighted by molar-refractivity contribution is -0.116. The van der Waals surface area contributed by atoms with Crippen molar-refractivity contribution < 1.29 is 14.0 Å². The van der Waals surface area contributed by atoms with E-state index in [0.29, 0.717) is 25.3 Å². The predicted molar refractivity (Wildman–Crippen MR) is 91.7 cm³/mol. The number of rotatable bonds is 5. The van der Waals surface area contributed by atoms with Crippen molar-refractivity contribution in [3.63, 3.8) is 0 Å². The Morgan fingerprint density at radius 2 is 2.12 bits per heavy atom. The molecule has 5 heteroatoms. The Labute approximate surface area is 141 Å². The van der Waals surface area contributed by atoms with Crippen LogP contribution in [0.25, 0.3) is 0 Å². The number of nitrogens with one attached hydrogen (secondary N) is 1. The molecule has 2 heterocycles. The molecule has 0 saturated carbocycles. The average molecular weight is 326 g/mol. The summed E-state index contributed by atoms with van der Waals surface area (Å²) in [5.74, 6) is 0.307. The number of fused-ring (bicyclic) bond motifs is 1. The number of carbonyl (C=O) groups excluding carboxylic acids is 2. The van der Waals surface area contributed by atoms with Crippen molar-refractivity contribution in [1.82, 2.24) is 4.90 Å². The topological polar surface area (TPSA) is 62.6 Å². The summed E-state index contributed by atoms with van der Waals surface area (Å²) in [6.07, 6.45) is 4.75. The maximum atomic E-state index is 12.4. The Morgan fingerprint density at radius 1 is 1.25 bits per heavy atom. The van der Waals surface area contributed by atoms with Gasteiger partial charge in [0.2, 0.25) is 5.91 Å². The lowest BCUT2D eigenvalue weighted by Crippen LogP contribution is -2.35. The molecule has 3 rings (SSSR count). The number of anilines is 1. The number of hydrogen-bond acceptors (Lipinski definition) is 3. The molecule has 2 amide bonds. The molecule has 0 radical (unpaired) electrons. The molecule has 5 nitrogen and oxygen atoms in total. The van der Waals surface area contributed by atoms with E-state index in [0.717, 1.165) is 30.5 Å². The van der Waals surface area contributed by atoms with E-state index in [-0.39, 0.29) is 11.8 Å². The largest absolute Gasteiger partial charge is 0.459 e. The van der Waals surface area contributed by atoms with Crippen LogP contribution in [0, 0.1) is 0 Å². The third kappa shape index (κ3) is 3.67. The summed E-state index contributed by atoms with van der Waals surface area (Å²) in [6, 6.07) is 9.35. The first-order valence-electron chi connectivity index (χ1n) is 8.42. The fourth-order valence-electron chi connectivity index (χ4n) is 2.93. The van der Waals surface area contributed by atoms with E-state index < -0.39 is 0 Å². The normalized spacial score (nSPS) is 13.5. The van der Waals surface area contributed by atoms with E-state index in [9.17, 15) is 9.59 Å². The SMILES string of the molecule is CCCCC(=O)Nc1ccc2c(c1)CN(C(=O)c1ccco1)CC2. The lowest BCUT2D eigenvalue weighted by atomic mass is 9.98. The third-order valence-corrected chi connectivity index (χ3v) is 4.28. The van der Waals surface area contributed by atoms with Gasteiger partial charge in [0.15, 0.2) is 5.76 Å². The molecule has 24 heavy (non-hydrogen) atoms. The van der Waals surface area contributed by atoms with Gasteiger partial charge in [-0.15, -0.1) is 0 Å². The Kier molecular flexibility index (Phi) is 4.99. The van der Waals surface area contributed by atoms with Gasteiger partial charge in [-0.3, -0.25) is 9.59 Å². The van der Waals surface area contributed by atoms with Gasteiger partial charge >= 0.3 is 0 Å². The second-order valence-electron chi connectivity index (χ2n) is 6.09. The van der Waals surface area contributed by atoms with E-state index in [1.165, 1.54) is 11.8 Å². The van der Waals surface area contributed by atoms with Gasteiger partial charge in [0.1, 0.15) is 0 Å². The molecule has 0 spiro atoms. The van der Waals surface area contributed by atoms with Gasteiger partial charge in [-0.05, 0) is 48.2 Å². The van der Waals surface area contributed by atoms with Crippen molar-refractivity contribution in [2.45, 2.75) is 39.2 Å². The number of nitrogens with zero attached hydrogens (tertiary/aromatic N) is 1. The monoisotopic (exact) mass is 326 g/mol. The van der Waals surface area contributed by atoms with Crippen LogP contribution in [-0.2, 0) is 17.8 Å². The van der Waals surface area contributed by atoms with Gasteiger partial charge in [0.05, 0.1) is 6.26 Å². The number of unbranched alkanes of at least 4 members (excludes halogenated alkanes) is 1. The summed E-state index contributed by atoms with van der Waals surface area (Å²) in [4.78, 5) is 26.1. The highest BCUT2D eigenvalue weighted by atomic mass is 16.3. The predicted octanol–water partition coefficient (Wildman–Crippen LogP) is 3.61. The van der Waals surface area contributed by atoms with E-state index in [2.05, 4.69) is 12.2 Å². The number of hydrogen-bond donors (Lipinski definition) is 1. The van der Waals surface area contributed by atoms with Gasteiger partial charge in [-0.2, -0.15) is 0 Å². The van der Waals surface area contributed by atoms with Crippen molar-refractivity contribution in [3.05, 3.63) is 53.5 Å². The molecule has 0 unspecified atom stereocenters. The number of furan rings is 1. The molecular weight excluding hydrogens is 304 g/mol. The first kappa shape index (κ1) is 16.3. The Balaban J connectivity index is 1.69. The number of carbonyl (C=O) groups is 2. The fourth-order valence-corrected chi connectivity index (χ4v) is 2.93. The van der Waals surface area contributed by atoms with Crippen molar-refractivity contribution in [1.29, 1.82) is 0 Å². The van der Waals surface area contributed by atoms with Gasteiger partial charge in [-0.25, -0.2) is 0 Å². The molecular formula is C19H22N2O3. The van der Waals surface area contributed by atoms with E-state index >= 15 is 0 Å². The van der Waals surface area contributed by atoms with Crippen LogP contribution < -0.4 is 5.32 Å². The first-order valence-corrected chi connectivity index (χ1v) is 8.42. The van der Waals surface area contributed by atoms with E-state index in [1.54, 1.807) is 17.0 Å². The van der Waals surface area contributed by atoms with Crippen molar-refractivity contribution in [2.75, 3.05) is 11.9 Å². The van der Waals surface area contributed by atoms with Crippen LogP contribution in [0.4, 0.5) is 5.69 Å². The van der Waals surface area contributed by atoms with Crippen LogP contribution in [0.1, 0.15) is 47.9 Å². The summed E-state index contributed by atoms with van der Waals surface area (Å²) in [5, 5.41) is 2.94. The van der Waals surface area contributed by atoms with Crippen LogP contribution in [0.15, 0.2) is 41.0 Å².